The number of primary amides is 1. The lowest BCUT2D eigenvalue weighted by Crippen LogP contribution is -2.39. The van der Waals surface area contributed by atoms with Crippen LogP contribution >= 0.6 is 0 Å². The number of aliphatic hydroxyl groups excluding tert-OH is 1. The maximum absolute atomic E-state index is 10.9. The summed E-state index contributed by atoms with van der Waals surface area (Å²) in [6.07, 6.45) is 6.51. The number of carbonyl (C=O) groups excluding carboxylic acids is 1. The lowest BCUT2D eigenvalue weighted by Gasteiger charge is -2.12. The molecule has 88 valence electrons. The van der Waals surface area contributed by atoms with Gasteiger partial charge in [0.25, 0.3) is 0 Å². The summed E-state index contributed by atoms with van der Waals surface area (Å²) in [5, 5.41) is 12.3. The van der Waals surface area contributed by atoms with Crippen molar-refractivity contribution in [3.8, 4) is 0 Å². The fourth-order valence-electron chi connectivity index (χ4n) is 1.66. The highest BCUT2D eigenvalue weighted by molar-refractivity contribution is 5.80. The number of allylic oxidation sites excluding steroid dienone is 2. The van der Waals surface area contributed by atoms with Crippen molar-refractivity contribution in [2.45, 2.75) is 31.8 Å². The molecule has 0 aromatic carbocycles. The van der Waals surface area contributed by atoms with Crippen LogP contribution < -0.4 is 11.1 Å². The van der Waals surface area contributed by atoms with E-state index in [1.807, 2.05) is 0 Å². The molecule has 0 aromatic rings. The molecular formula is C12H18N2O2. The predicted octanol–water partition coefficient (Wildman–Crippen LogP) is 1.17. The molecule has 1 fully saturated rings. The molecule has 0 bridgehead atoms. The molecule has 1 aliphatic heterocycles. The first-order valence-electron chi connectivity index (χ1n) is 5.32. The van der Waals surface area contributed by atoms with E-state index >= 15 is 0 Å². The molecule has 1 heterocycles. The summed E-state index contributed by atoms with van der Waals surface area (Å²) in [5.41, 5.74) is 6.05. The number of hydrogen-bond acceptors (Lipinski definition) is 3. The molecule has 0 aliphatic carbocycles. The highest BCUT2D eigenvalue weighted by Gasteiger charge is 2.27. The van der Waals surface area contributed by atoms with Crippen LogP contribution in [-0.2, 0) is 4.79 Å². The molecule has 0 unspecified atom stereocenters. The molecule has 4 N–H and O–H groups in total. The van der Waals surface area contributed by atoms with Crippen molar-refractivity contribution in [1.29, 1.82) is 0 Å². The monoisotopic (exact) mass is 222 g/mol. The second-order valence-corrected chi connectivity index (χ2v) is 3.87. The Kier molecular flexibility index (Phi) is 4.31. The Labute approximate surface area is 95.5 Å². The Morgan fingerprint density at radius 3 is 2.56 bits per heavy atom. The fourth-order valence-corrected chi connectivity index (χ4v) is 1.66. The van der Waals surface area contributed by atoms with Crippen molar-refractivity contribution in [3.05, 3.63) is 36.1 Å². The molecule has 0 spiro atoms. The quantitative estimate of drug-likeness (QED) is 0.493. The smallest absolute Gasteiger partial charge is 0.234 e. The van der Waals surface area contributed by atoms with E-state index in [1.165, 1.54) is 0 Å². The van der Waals surface area contributed by atoms with Gasteiger partial charge < -0.3 is 10.8 Å². The second-order valence-electron chi connectivity index (χ2n) is 3.87. The maximum Gasteiger partial charge on any atom is 0.234 e. The first-order chi connectivity index (χ1) is 7.54. The minimum atomic E-state index is -0.324. The number of hydrogen-bond donors (Lipinski definition) is 3. The van der Waals surface area contributed by atoms with Gasteiger partial charge in [0, 0.05) is 6.04 Å². The van der Waals surface area contributed by atoms with Crippen LogP contribution in [0.15, 0.2) is 36.1 Å². The average Bonchev–Trinajstić information content (AvgIpc) is 2.74. The predicted molar refractivity (Wildman–Crippen MR) is 63.8 cm³/mol. The molecule has 2 atom stereocenters. The Bertz CT molecular complexity index is 345. The lowest BCUT2D eigenvalue weighted by atomic mass is 10.1. The average molecular weight is 222 g/mol. The molecular weight excluding hydrogens is 204 g/mol. The topological polar surface area (TPSA) is 75.3 Å². The third-order valence-corrected chi connectivity index (χ3v) is 2.70. The lowest BCUT2D eigenvalue weighted by molar-refractivity contribution is -0.119. The standard InChI is InChI=1S/C12H18N2O2/c1-3-9(15)5-4-8(2)10-6-7-11(14-10)12(13)16/h3-5,10-11,14-15H,2,6-7H2,1H3,(H2,13,16)/b5-4-,9-3+/t10-,11+/m1/s1. The van der Waals surface area contributed by atoms with Crippen LogP contribution in [0.5, 0.6) is 0 Å². The second kappa shape index (κ2) is 5.51. The molecule has 4 nitrogen and oxygen atoms in total. The van der Waals surface area contributed by atoms with Crippen molar-refractivity contribution in [3.63, 3.8) is 0 Å². The Hall–Kier alpha value is -1.55. The van der Waals surface area contributed by atoms with E-state index < -0.39 is 0 Å². The van der Waals surface area contributed by atoms with Gasteiger partial charge in [0.2, 0.25) is 5.91 Å². The number of aliphatic hydroxyl groups is 1. The normalized spacial score (nSPS) is 26.2. The van der Waals surface area contributed by atoms with E-state index in [0.717, 1.165) is 18.4 Å². The van der Waals surface area contributed by atoms with Crippen LogP contribution in [0.25, 0.3) is 0 Å². The van der Waals surface area contributed by atoms with Crippen LogP contribution in [0.3, 0.4) is 0 Å². The summed E-state index contributed by atoms with van der Waals surface area (Å²) in [7, 11) is 0. The molecule has 16 heavy (non-hydrogen) atoms. The minimum absolute atomic E-state index is 0.0680. The van der Waals surface area contributed by atoms with E-state index in [2.05, 4.69) is 11.9 Å². The van der Waals surface area contributed by atoms with E-state index in [1.54, 1.807) is 25.2 Å². The van der Waals surface area contributed by atoms with Gasteiger partial charge in [-0.05, 0) is 37.5 Å². The van der Waals surface area contributed by atoms with E-state index in [9.17, 15) is 9.90 Å². The van der Waals surface area contributed by atoms with Gasteiger partial charge in [-0.15, -0.1) is 0 Å². The zero-order valence-electron chi connectivity index (χ0n) is 9.44. The van der Waals surface area contributed by atoms with Crippen LogP contribution in [0.2, 0.25) is 0 Å². The summed E-state index contributed by atoms with van der Waals surface area (Å²) < 4.78 is 0. The Morgan fingerprint density at radius 2 is 2.06 bits per heavy atom. The summed E-state index contributed by atoms with van der Waals surface area (Å²) in [4.78, 5) is 10.9. The van der Waals surface area contributed by atoms with Crippen molar-refractivity contribution in [2.75, 3.05) is 0 Å². The van der Waals surface area contributed by atoms with E-state index in [0.29, 0.717) is 0 Å². The molecule has 0 aromatic heterocycles. The van der Waals surface area contributed by atoms with Crippen molar-refractivity contribution >= 4 is 5.91 Å². The molecule has 1 rings (SSSR count). The van der Waals surface area contributed by atoms with Crippen LogP contribution in [0.1, 0.15) is 19.8 Å². The van der Waals surface area contributed by atoms with Gasteiger partial charge in [0.15, 0.2) is 0 Å². The van der Waals surface area contributed by atoms with Gasteiger partial charge in [0.1, 0.15) is 5.76 Å². The molecule has 0 radical (unpaired) electrons. The highest BCUT2D eigenvalue weighted by atomic mass is 16.3. The molecule has 1 aliphatic rings. The third-order valence-electron chi connectivity index (χ3n) is 2.70. The molecule has 1 amide bonds. The largest absolute Gasteiger partial charge is 0.508 e. The third kappa shape index (κ3) is 3.24. The van der Waals surface area contributed by atoms with Gasteiger partial charge >= 0.3 is 0 Å². The zero-order chi connectivity index (χ0) is 12.1. The Morgan fingerprint density at radius 1 is 1.44 bits per heavy atom. The van der Waals surface area contributed by atoms with Gasteiger partial charge in [-0.1, -0.05) is 12.7 Å². The number of nitrogens with one attached hydrogen (secondary N) is 1. The highest BCUT2D eigenvalue weighted by Crippen LogP contribution is 2.18. The fraction of sp³-hybridized carbons (Fsp3) is 0.417. The SMILES string of the molecule is C=C(/C=C\C(O)=C/C)[C@H]1CC[C@@H](C(N)=O)N1. The van der Waals surface area contributed by atoms with Crippen LogP contribution in [0, 0.1) is 0 Å². The van der Waals surface area contributed by atoms with Crippen molar-refractivity contribution in [1.82, 2.24) is 5.32 Å². The zero-order valence-corrected chi connectivity index (χ0v) is 9.44. The number of carbonyl (C=O) groups is 1. The maximum atomic E-state index is 10.9. The summed E-state index contributed by atoms with van der Waals surface area (Å²) in [6, 6.07) is -0.191. The summed E-state index contributed by atoms with van der Waals surface area (Å²) in [5.74, 6) is -0.124. The molecule has 4 heteroatoms. The van der Waals surface area contributed by atoms with Gasteiger partial charge in [0.05, 0.1) is 6.04 Å². The van der Waals surface area contributed by atoms with Crippen LogP contribution in [-0.4, -0.2) is 23.1 Å². The number of nitrogens with two attached hydrogens (primary N) is 1. The summed E-state index contributed by atoms with van der Waals surface area (Å²) in [6.45, 7) is 5.65. The van der Waals surface area contributed by atoms with Crippen molar-refractivity contribution < 1.29 is 9.90 Å². The summed E-state index contributed by atoms with van der Waals surface area (Å²) >= 11 is 0. The molecule has 0 saturated carbocycles. The van der Waals surface area contributed by atoms with E-state index in [-0.39, 0.29) is 23.8 Å². The van der Waals surface area contributed by atoms with Gasteiger partial charge in [-0.2, -0.15) is 0 Å². The first-order valence-corrected chi connectivity index (χ1v) is 5.32. The number of rotatable bonds is 4. The first kappa shape index (κ1) is 12.5. The van der Waals surface area contributed by atoms with Crippen LogP contribution in [0.4, 0.5) is 0 Å². The Balaban J connectivity index is 2.52. The molecule has 1 saturated heterocycles. The van der Waals surface area contributed by atoms with Gasteiger partial charge in [-0.3, -0.25) is 10.1 Å². The number of amides is 1. The van der Waals surface area contributed by atoms with Gasteiger partial charge in [-0.25, -0.2) is 0 Å². The van der Waals surface area contributed by atoms with Crippen molar-refractivity contribution in [2.24, 2.45) is 5.73 Å². The minimum Gasteiger partial charge on any atom is -0.508 e. The van der Waals surface area contributed by atoms with E-state index in [4.69, 9.17) is 5.73 Å².